The molecule has 0 amide bonds. The molecule has 0 radical (unpaired) electrons. The molecule has 2 aliphatic heterocycles. The summed E-state index contributed by atoms with van der Waals surface area (Å²) >= 11 is 1.17. The first-order chi connectivity index (χ1) is 17.2. The molecule has 2 aliphatic rings. The SMILES string of the molecule is CSc1ccn(C2OC(COP(=O)([O-])OP(=O)([O-])OC3OC(CO)C(O)C(O)C3O)C(O)C2O)c(=O)n1.[Na+].[Na+]. The van der Waals surface area contributed by atoms with Crippen molar-refractivity contribution in [3.05, 3.63) is 22.7 Å². The molecule has 0 aliphatic carbocycles. The third kappa shape index (κ3) is 9.58. The summed E-state index contributed by atoms with van der Waals surface area (Å²) in [6, 6.07) is 1.43. The molecular weight excluding hydrogens is 616 g/mol. The van der Waals surface area contributed by atoms with Gasteiger partial charge in [-0.05, 0) is 12.3 Å². The van der Waals surface area contributed by atoms with Crippen LogP contribution >= 0.6 is 27.4 Å². The second-order valence-electron chi connectivity index (χ2n) is 7.78. The molecule has 2 fully saturated rings. The molecule has 212 valence electrons. The van der Waals surface area contributed by atoms with Gasteiger partial charge in [-0.3, -0.25) is 18.2 Å². The first-order valence-electron chi connectivity index (χ1n) is 10.3. The molecule has 11 unspecified atom stereocenters. The van der Waals surface area contributed by atoms with Crippen molar-refractivity contribution < 1.29 is 132 Å². The van der Waals surface area contributed by atoms with Gasteiger partial charge in [0.2, 0.25) is 0 Å². The molecular formula is C16H24N2Na2O16P2S. The van der Waals surface area contributed by atoms with E-state index in [4.69, 9.17) is 14.6 Å². The molecule has 3 rings (SSSR count). The maximum absolute atomic E-state index is 12.2. The molecule has 0 bridgehead atoms. The molecule has 1 aromatic heterocycles. The van der Waals surface area contributed by atoms with Gasteiger partial charge in [-0.1, -0.05) is 0 Å². The number of phosphoric acid groups is 2. The smallest absolute Gasteiger partial charge is 0.756 e. The van der Waals surface area contributed by atoms with Crippen LogP contribution in [0.4, 0.5) is 0 Å². The van der Waals surface area contributed by atoms with Crippen LogP contribution in [0.2, 0.25) is 0 Å². The van der Waals surface area contributed by atoms with E-state index in [2.05, 4.69) is 18.3 Å². The van der Waals surface area contributed by atoms with Gasteiger partial charge in [-0.2, -0.15) is 4.98 Å². The number of thioether (sulfide) groups is 1. The Kier molecular flexibility index (Phi) is 15.4. The van der Waals surface area contributed by atoms with E-state index < -0.39 is 89.8 Å². The van der Waals surface area contributed by atoms with Crippen LogP contribution in [-0.2, 0) is 32.0 Å². The fourth-order valence-corrected chi connectivity index (χ4v) is 5.86. The van der Waals surface area contributed by atoms with Crippen molar-refractivity contribution in [3.63, 3.8) is 0 Å². The number of aliphatic hydroxyl groups excluding tert-OH is 6. The Balaban J connectivity index is 0.00000380. The number of hydrogen-bond donors (Lipinski definition) is 6. The Morgan fingerprint density at radius 2 is 1.62 bits per heavy atom. The average Bonchev–Trinajstić information content (AvgIpc) is 3.10. The summed E-state index contributed by atoms with van der Waals surface area (Å²) in [5.41, 5.74) is -0.833. The number of rotatable bonds is 10. The van der Waals surface area contributed by atoms with Gasteiger partial charge in [0.25, 0.3) is 15.6 Å². The second-order valence-corrected chi connectivity index (χ2v) is 11.5. The van der Waals surface area contributed by atoms with Gasteiger partial charge in [0.15, 0.2) is 12.5 Å². The Hall–Kier alpha value is 1.17. The average molecular weight is 640 g/mol. The molecule has 2 saturated heterocycles. The minimum Gasteiger partial charge on any atom is -0.756 e. The Labute approximate surface area is 269 Å². The van der Waals surface area contributed by atoms with Crippen molar-refractivity contribution in [2.24, 2.45) is 0 Å². The first-order valence-corrected chi connectivity index (χ1v) is 14.5. The third-order valence-corrected chi connectivity index (χ3v) is 8.48. The van der Waals surface area contributed by atoms with E-state index >= 15 is 0 Å². The van der Waals surface area contributed by atoms with E-state index in [0.717, 1.165) is 4.57 Å². The Morgan fingerprint density at radius 3 is 2.18 bits per heavy atom. The molecule has 6 N–H and O–H groups in total. The number of ether oxygens (including phenoxy) is 2. The topological polar surface area (TPSA) is 283 Å². The summed E-state index contributed by atoms with van der Waals surface area (Å²) in [7, 11) is -11.7. The fraction of sp³-hybridized carbons (Fsp3) is 0.750. The maximum Gasteiger partial charge on any atom is 1.00 e. The summed E-state index contributed by atoms with van der Waals surface area (Å²) in [5, 5.41) is 59.1. The number of phosphoric ester groups is 2. The second kappa shape index (κ2) is 15.8. The quantitative estimate of drug-likeness (QED) is 0.0599. The number of aromatic nitrogens is 2. The molecule has 18 nitrogen and oxygen atoms in total. The number of hydrogen-bond acceptors (Lipinski definition) is 18. The van der Waals surface area contributed by atoms with Gasteiger partial charge < -0.3 is 54.4 Å². The molecule has 11 atom stereocenters. The molecule has 0 spiro atoms. The third-order valence-electron chi connectivity index (χ3n) is 5.30. The van der Waals surface area contributed by atoms with E-state index in [1.165, 1.54) is 24.0 Å². The molecule has 0 saturated carbocycles. The standard InChI is InChI=1S/C16H26N2O16P2S.2Na/c1-37-8-2-3-18(16(25)17-8)14-12(23)10(21)7(31-14)5-30-35(26,27)34-36(28,29)33-15-13(24)11(22)9(20)6(4-19)32-15;;/h2-3,6-7,9-15,19-24H,4-5H2,1H3,(H,26,27)(H,28,29);;/q;2*+1/p-2. The van der Waals surface area contributed by atoms with E-state index in [0.29, 0.717) is 5.03 Å². The van der Waals surface area contributed by atoms with Crippen LogP contribution in [0, 0.1) is 0 Å². The zero-order valence-corrected chi connectivity index (χ0v) is 27.3. The first kappa shape index (κ1) is 38.2. The zero-order valence-electron chi connectivity index (χ0n) is 20.7. The summed E-state index contributed by atoms with van der Waals surface area (Å²) in [6.07, 6.45) is -13.5. The van der Waals surface area contributed by atoms with Crippen molar-refractivity contribution >= 4 is 27.4 Å². The van der Waals surface area contributed by atoms with Crippen molar-refractivity contribution in [3.8, 4) is 0 Å². The minimum absolute atomic E-state index is 0. The van der Waals surface area contributed by atoms with Crippen LogP contribution in [0.25, 0.3) is 0 Å². The van der Waals surface area contributed by atoms with Crippen LogP contribution in [0.15, 0.2) is 22.1 Å². The van der Waals surface area contributed by atoms with E-state index in [-0.39, 0.29) is 59.1 Å². The fourth-order valence-electron chi connectivity index (χ4n) is 3.41. The normalized spacial score (nSPS) is 35.8. The molecule has 39 heavy (non-hydrogen) atoms. The van der Waals surface area contributed by atoms with Gasteiger partial charge in [0, 0.05) is 6.20 Å². The number of nitrogens with zero attached hydrogens (tertiary/aromatic N) is 2. The molecule has 0 aromatic carbocycles. The van der Waals surface area contributed by atoms with Crippen molar-refractivity contribution in [2.45, 2.75) is 60.3 Å². The van der Waals surface area contributed by atoms with Crippen LogP contribution in [0.1, 0.15) is 6.23 Å². The summed E-state index contributed by atoms with van der Waals surface area (Å²) < 4.78 is 47.6. The monoisotopic (exact) mass is 640 g/mol. The van der Waals surface area contributed by atoms with Gasteiger partial charge in [-0.25, -0.2) is 9.11 Å². The summed E-state index contributed by atoms with van der Waals surface area (Å²) in [5.74, 6) is 0. The van der Waals surface area contributed by atoms with Crippen LogP contribution < -0.4 is 74.6 Å². The van der Waals surface area contributed by atoms with E-state index in [1.54, 1.807) is 6.26 Å². The molecule has 3 heterocycles. The van der Waals surface area contributed by atoms with Crippen LogP contribution in [-0.4, -0.2) is 109 Å². The van der Waals surface area contributed by atoms with Crippen molar-refractivity contribution in [1.82, 2.24) is 9.55 Å². The van der Waals surface area contributed by atoms with E-state index in [9.17, 15) is 49.2 Å². The summed E-state index contributed by atoms with van der Waals surface area (Å²) in [6.45, 7) is -1.99. The summed E-state index contributed by atoms with van der Waals surface area (Å²) in [4.78, 5) is 40.0. The Bertz CT molecular complexity index is 1100. The van der Waals surface area contributed by atoms with Gasteiger partial charge in [-0.15, -0.1) is 11.8 Å². The molecule has 23 heteroatoms. The van der Waals surface area contributed by atoms with E-state index in [1.807, 2.05) is 0 Å². The minimum atomic E-state index is -5.88. The number of aliphatic hydroxyl groups is 6. The predicted molar refractivity (Wildman–Crippen MR) is 113 cm³/mol. The van der Waals surface area contributed by atoms with Gasteiger partial charge in [0.1, 0.15) is 47.8 Å². The van der Waals surface area contributed by atoms with Crippen molar-refractivity contribution in [1.29, 1.82) is 0 Å². The largest absolute Gasteiger partial charge is 1.00 e. The Morgan fingerprint density at radius 1 is 1.00 bits per heavy atom. The van der Waals surface area contributed by atoms with Gasteiger partial charge in [0.05, 0.1) is 13.2 Å². The maximum atomic E-state index is 12.2. The van der Waals surface area contributed by atoms with Crippen LogP contribution in [0.5, 0.6) is 0 Å². The predicted octanol–water partition coefficient (Wildman–Crippen LogP) is -10.6. The van der Waals surface area contributed by atoms with Crippen molar-refractivity contribution in [2.75, 3.05) is 19.5 Å². The van der Waals surface area contributed by atoms with Crippen LogP contribution in [0.3, 0.4) is 0 Å². The molecule has 1 aromatic rings. The van der Waals surface area contributed by atoms with Gasteiger partial charge >= 0.3 is 64.8 Å². The zero-order chi connectivity index (χ0) is 27.7.